The van der Waals surface area contributed by atoms with E-state index in [0.717, 1.165) is 23.2 Å². The van der Waals surface area contributed by atoms with Crippen molar-refractivity contribution in [3.05, 3.63) is 60.0 Å². The van der Waals surface area contributed by atoms with Gasteiger partial charge in [0.1, 0.15) is 12.4 Å². The maximum absolute atomic E-state index is 11.6. The largest absolute Gasteiger partial charge is 0.488 e. The number of carbonyl (C=O) groups excluding carboxylic acids is 1. The van der Waals surface area contributed by atoms with E-state index in [1.165, 1.54) is 6.20 Å². The van der Waals surface area contributed by atoms with Crippen LogP contribution in [0.3, 0.4) is 0 Å². The van der Waals surface area contributed by atoms with Crippen molar-refractivity contribution < 1.29 is 14.1 Å². The zero-order chi connectivity index (χ0) is 18.8. The van der Waals surface area contributed by atoms with Gasteiger partial charge in [0.25, 0.3) is 0 Å². The number of ether oxygens (including phenoxy) is 1. The van der Waals surface area contributed by atoms with Crippen molar-refractivity contribution in [1.82, 2.24) is 19.9 Å². The quantitative estimate of drug-likeness (QED) is 0.481. The van der Waals surface area contributed by atoms with Crippen LogP contribution in [0.25, 0.3) is 22.4 Å². The Morgan fingerprint density at radius 1 is 1.22 bits per heavy atom. The summed E-state index contributed by atoms with van der Waals surface area (Å²) in [6, 6.07) is 9.42. The van der Waals surface area contributed by atoms with E-state index in [2.05, 4.69) is 29.1 Å². The van der Waals surface area contributed by atoms with Gasteiger partial charge in [-0.2, -0.15) is 5.10 Å². The molecule has 7 heteroatoms. The number of rotatable bonds is 6. The van der Waals surface area contributed by atoms with Gasteiger partial charge in [0.2, 0.25) is 0 Å². The van der Waals surface area contributed by atoms with E-state index in [4.69, 9.17) is 9.26 Å². The lowest BCUT2D eigenvalue weighted by atomic mass is 10.1. The van der Waals surface area contributed by atoms with E-state index >= 15 is 0 Å². The maximum atomic E-state index is 11.6. The molecule has 0 aliphatic carbocycles. The number of hydrogen-bond acceptors (Lipinski definition) is 6. The van der Waals surface area contributed by atoms with Crippen LogP contribution in [0.1, 0.15) is 35.8 Å². The van der Waals surface area contributed by atoms with Crippen LogP contribution in [-0.4, -0.2) is 26.2 Å². The molecule has 0 saturated heterocycles. The predicted molar refractivity (Wildman–Crippen MR) is 99.6 cm³/mol. The molecule has 136 valence electrons. The Morgan fingerprint density at radius 2 is 2.11 bits per heavy atom. The van der Waals surface area contributed by atoms with Gasteiger partial charge >= 0.3 is 0 Å². The third-order valence-corrected chi connectivity index (χ3v) is 4.33. The molecule has 0 N–H and O–H groups in total. The molecule has 0 aliphatic rings. The molecule has 0 fully saturated rings. The Morgan fingerprint density at radius 3 is 2.93 bits per heavy atom. The highest BCUT2D eigenvalue weighted by molar-refractivity contribution is 5.98. The summed E-state index contributed by atoms with van der Waals surface area (Å²) >= 11 is 0. The fourth-order valence-electron chi connectivity index (χ4n) is 3.05. The van der Waals surface area contributed by atoms with Crippen molar-refractivity contribution in [2.24, 2.45) is 0 Å². The van der Waals surface area contributed by atoms with Gasteiger partial charge in [0, 0.05) is 24.0 Å². The van der Waals surface area contributed by atoms with E-state index in [9.17, 15) is 4.79 Å². The highest BCUT2D eigenvalue weighted by Gasteiger charge is 2.15. The van der Waals surface area contributed by atoms with Crippen LogP contribution in [0.5, 0.6) is 5.75 Å². The number of aromatic nitrogens is 4. The third kappa shape index (κ3) is 3.08. The molecule has 3 heterocycles. The molecule has 1 aromatic carbocycles. The van der Waals surface area contributed by atoms with Gasteiger partial charge in [-0.3, -0.25) is 14.5 Å². The predicted octanol–water partition coefficient (Wildman–Crippen LogP) is 4.06. The van der Waals surface area contributed by atoms with Crippen molar-refractivity contribution in [2.45, 2.75) is 26.5 Å². The fourth-order valence-corrected chi connectivity index (χ4v) is 3.05. The molecule has 0 bridgehead atoms. The summed E-state index contributed by atoms with van der Waals surface area (Å²) in [7, 11) is 0. The number of hydrogen-bond donors (Lipinski definition) is 0. The molecular weight excluding hydrogens is 344 g/mol. The summed E-state index contributed by atoms with van der Waals surface area (Å²) in [5.74, 6) is 0.480. The van der Waals surface area contributed by atoms with Gasteiger partial charge in [-0.15, -0.1) is 0 Å². The van der Waals surface area contributed by atoms with Crippen LogP contribution >= 0.6 is 0 Å². The van der Waals surface area contributed by atoms with Crippen molar-refractivity contribution in [1.29, 1.82) is 0 Å². The monoisotopic (exact) mass is 362 g/mol. The summed E-state index contributed by atoms with van der Waals surface area (Å²) in [6.07, 6.45) is 5.78. The average Bonchev–Trinajstić information content (AvgIpc) is 3.35. The van der Waals surface area contributed by atoms with Crippen molar-refractivity contribution >= 4 is 17.3 Å². The van der Waals surface area contributed by atoms with Crippen LogP contribution in [0.15, 0.2) is 53.4 Å². The molecule has 0 saturated carbocycles. The summed E-state index contributed by atoms with van der Waals surface area (Å²) in [6.45, 7) is 4.41. The minimum absolute atomic E-state index is 0.212. The topological polar surface area (TPSA) is 83.0 Å². The second kappa shape index (κ2) is 7.03. The van der Waals surface area contributed by atoms with E-state index in [-0.39, 0.29) is 12.6 Å². The van der Waals surface area contributed by atoms with Crippen LogP contribution < -0.4 is 4.74 Å². The maximum Gasteiger partial charge on any atom is 0.167 e. The first-order valence-electron chi connectivity index (χ1n) is 8.62. The SMILES string of the molecule is CC(C)n1nccc1-c1ncccc1COc1ccc2oncc2c1C=O. The Kier molecular flexibility index (Phi) is 4.42. The van der Waals surface area contributed by atoms with Crippen LogP contribution in [0, 0.1) is 0 Å². The van der Waals surface area contributed by atoms with Gasteiger partial charge in [-0.25, -0.2) is 0 Å². The highest BCUT2D eigenvalue weighted by atomic mass is 16.5. The minimum atomic E-state index is 0.212. The summed E-state index contributed by atoms with van der Waals surface area (Å²) in [4.78, 5) is 16.1. The molecule has 27 heavy (non-hydrogen) atoms. The Hall–Kier alpha value is -3.48. The van der Waals surface area contributed by atoms with E-state index in [0.29, 0.717) is 22.3 Å². The van der Waals surface area contributed by atoms with Crippen LogP contribution in [-0.2, 0) is 6.61 Å². The molecule has 0 aliphatic heterocycles. The molecule has 7 nitrogen and oxygen atoms in total. The molecule has 4 rings (SSSR count). The summed E-state index contributed by atoms with van der Waals surface area (Å²) < 4.78 is 13.0. The fraction of sp³-hybridized carbons (Fsp3) is 0.200. The number of carbonyl (C=O) groups is 1. The third-order valence-electron chi connectivity index (χ3n) is 4.33. The molecule has 3 aromatic heterocycles. The smallest absolute Gasteiger partial charge is 0.167 e. The van der Waals surface area contributed by atoms with Crippen LogP contribution in [0.4, 0.5) is 0 Å². The minimum Gasteiger partial charge on any atom is -0.488 e. The Labute approximate surface area is 155 Å². The zero-order valence-corrected chi connectivity index (χ0v) is 15.0. The molecular formula is C20H18N4O3. The lowest BCUT2D eigenvalue weighted by Gasteiger charge is -2.14. The molecule has 0 spiro atoms. The zero-order valence-electron chi connectivity index (χ0n) is 15.0. The first-order valence-corrected chi connectivity index (χ1v) is 8.62. The second-order valence-electron chi connectivity index (χ2n) is 6.39. The molecule has 0 amide bonds. The number of nitrogens with zero attached hydrogens (tertiary/aromatic N) is 4. The number of benzene rings is 1. The lowest BCUT2D eigenvalue weighted by molar-refractivity contribution is 0.112. The molecule has 0 unspecified atom stereocenters. The van der Waals surface area contributed by atoms with Crippen molar-refractivity contribution in [2.75, 3.05) is 0 Å². The first-order chi connectivity index (χ1) is 13.2. The van der Waals surface area contributed by atoms with E-state index < -0.39 is 0 Å². The van der Waals surface area contributed by atoms with Crippen molar-refractivity contribution in [3.63, 3.8) is 0 Å². The summed E-state index contributed by atoms with van der Waals surface area (Å²) in [5.41, 5.74) is 3.61. The highest BCUT2D eigenvalue weighted by Crippen LogP contribution is 2.29. The standard InChI is InChI=1S/C20H18N4O3/c1-13(2)24-17(7-9-22-24)20-14(4-3-8-21-20)12-26-18-5-6-19-15(10-23-27-19)16(18)11-25/h3-11,13H,12H2,1-2H3. The van der Waals surface area contributed by atoms with E-state index in [1.54, 1.807) is 24.5 Å². The number of aldehydes is 1. The van der Waals surface area contributed by atoms with Crippen LogP contribution in [0.2, 0.25) is 0 Å². The number of pyridine rings is 1. The van der Waals surface area contributed by atoms with Crippen molar-refractivity contribution in [3.8, 4) is 17.1 Å². The first kappa shape index (κ1) is 17.0. The molecule has 0 atom stereocenters. The molecule has 0 radical (unpaired) electrons. The van der Waals surface area contributed by atoms with Gasteiger partial charge in [-0.1, -0.05) is 11.2 Å². The van der Waals surface area contributed by atoms with Gasteiger partial charge in [-0.05, 0) is 38.1 Å². The normalized spacial score (nSPS) is 11.2. The Balaban J connectivity index is 1.67. The van der Waals surface area contributed by atoms with E-state index in [1.807, 2.05) is 22.9 Å². The average molecular weight is 362 g/mol. The Bertz CT molecular complexity index is 1100. The van der Waals surface area contributed by atoms with Gasteiger partial charge < -0.3 is 9.26 Å². The lowest BCUT2D eigenvalue weighted by Crippen LogP contribution is -2.08. The van der Waals surface area contributed by atoms with Gasteiger partial charge in [0.15, 0.2) is 11.9 Å². The number of fused-ring (bicyclic) bond motifs is 1. The second-order valence-corrected chi connectivity index (χ2v) is 6.39. The van der Waals surface area contributed by atoms with Gasteiger partial charge in [0.05, 0.1) is 28.5 Å². The molecule has 4 aromatic rings. The summed E-state index contributed by atoms with van der Waals surface area (Å²) in [5, 5.41) is 8.74.